The normalized spacial score (nSPS) is 17.9. The minimum atomic E-state index is 0.282. The minimum Gasteiger partial charge on any atom is -0.326 e. The van der Waals surface area contributed by atoms with Crippen LogP contribution in [-0.2, 0) is 0 Å². The van der Waals surface area contributed by atoms with E-state index in [0.29, 0.717) is 5.92 Å². The van der Waals surface area contributed by atoms with Crippen molar-refractivity contribution in [2.45, 2.75) is 26.3 Å². The Kier molecular flexibility index (Phi) is 8.48. The lowest BCUT2D eigenvalue weighted by molar-refractivity contribution is 0.597. The van der Waals surface area contributed by atoms with E-state index in [1.807, 2.05) is 0 Å². The quantitative estimate of drug-likeness (QED) is 0.215. The van der Waals surface area contributed by atoms with Gasteiger partial charge in [0.1, 0.15) is 0 Å². The molecule has 0 fully saturated rings. The molecule has 1 aliphatic carbocycles. The van der Waals surface area contributed by atoms with E-state index in [1.54, 1.807) is 10.9 Å². The van der Waals surface area contributed by atoms with Crippen molar-refractivity contribution >= 4 is 49.6 Å². The standard InChI is InChI=1S/C39H36N2S/c1-30-12-9-10-18-38(29-30)41(35-16-7-4-8-17-35)39-25-22-33(26-27-42-39)32-20-23-36(24-21-32)40(34-14-5-3-6-15-34)37-19-11-13-31(2)28-37/h3-28,30,38H,29H2,1-2H3. The molecule has 2 atom stereocenters. The third-order valence-electron chi connectivity index (χ3n) is 7.68. The van der Waals surface area contributed by atoms with Crippen molar-refractivity contribution < 1.29 is 0 Å². The van der Waals surface area contributed by atoms with Crippen molar-refractivity contribution in [3.05, 3.63) is 163 Å². The fraction of sp³-hybridized carbons (Fsp3) is 0.128. The first-order valence-electron chi connectivity index (χ1n) is 14.6. The molecule has 0 bridgehead atoms. The SMILES string of the molecule is Cc1cccc(N(c2ccccc2)c2ccc(C3=CC=S=C(N(c4ccccc4)C4C=CC=CC(C)C4)C=C3)cc2)c1. The number of benzene rings is 4. The van der Waals surface area contributed by atoms with E-state index in [4.69, 9.17) is 0 Å². The van der Waals surface area contributed by atoms with Crippen LogP contribution < -0.4 is 9.80 Å². The number of para-hydroxylation sites is 2. The Balaban J connectivity index is 1.28. The molecule has 1 aliphatic heterocycles. The van der Waals surface area contributed by atoms with Crippen LogP contribution in [0.2, 0.25) is 0 Å². The van der Waals surface area contributed by atoms with Crippen LogP contribution in [-0.4, -0.2) is 16.4 Å². The lowest BCUT2D eigenvalue weighted by Gasteiger charge is -2.32. The lowest BCUT2D eigenvalue weighted by Crippen LogP contribution is -2.38. The van der Waals surface area contributed by atoms with Crippen LogP contribution in [0.5, 0.6) is 0 Å². The molecule has 0 radical (unpaired) electrons. The van der Waals surface area contributed by atoms with Crippen molar-refractivity contribution in [3.8, 4) is 0 Å². The zero-order valence-corrected chi connectivity index (χ0v) is 25.0. The summed E-state index contributed by atoms with van der Waals surface area (Å²) in [7, 11) is 1.78. The highest BCUT2D eigenvalue weighted by atomic mass is 32.1. The van der Waals surface area contributed by atoms with Crippen LogP contribution in [0.1, 0.15) is 24.5 Å². The Hall–Kier alpha value is -4.60. The second kappa shape index (κ2) is 12.9. The van der Waals surface area contributed by atoms with Gasteiger partial charge >= 0.3 is 0 Å². The van der Waals surface area contributed by atoms with E-state index < -0.39 is 0 Å². The van der Waals surface area contributed by atoms with Gasteiger partial charge in [-0.3, -0.25) is 0 Å². The van der Waals surface area contributed by atoms with E-state index in [2.05, 4.69) is 181 Å². The lowest BCUT2D eigenvalue weighted by atomic mass is 10.0. The number of anilines is 4. The Labute approximate surface area is 253 Å². The summed E-state index contributed by atoms with van der Waals surface area (Å²) in [6, 6.07) is 39.2. The maximum atomic E-state index is 2.48. The highest BCUT2D eigenvalue weighted by Crippen LogP contribution is 2.35. The summed E-state index contributed by atoms with van der Waals surface area (Å²) in [6.45, 7) is 4.44. The average Bonchev–Trinajstić information content (AvgIpc) is 3.40. The van der Waals surface area contributed by atoms with Crippen LogP contribution >= 0.6 is 10.9 Å². The monoisotopic (exact) mass is 564 g/mol. The Morgan fingerprint density at radius 3 is 2.07 bits per heavy atom. The van der Waals surface area contributed by atoms with E-state index >= 15 is 0 Å². The Bertz CT molecular complexity index is 1710. The second-order valence-corrected chi connectivity index (χ2v) is 11.8. The molecular weight excluding hydrogens is 529 g/mol. The highest BCUT2D eigenvalue weighted by Gasteiger charge is 2.22. The van der Waals surface area contributed by atoms with Gasteiger partial charge in [0.2, 0.25) is 0 Å². The number of aryl methyl sites for hydroxylation is 1. The highest BCUT2D eigenvalue weighted by molar-refractivity contribution is 7.97. The van der Waals surface area contributed by atoms with E-state index in [1.165, 1.54) is 27.4 Å². The molecule has 2 aliphatic rings. The van der Waals surface area contributed by atoms with E-state index in [-0.39, 0.29) is 6.04 Å². The molecule has 208 valence electrons. The first kappa shape index (κ1) is 27.6. The summed E-state index contributed by atoms with van der Waals surface area (Å²) >= 11 is 0. The molecule has 4 aromatic rings. The van der Waals surface area contributed by atoms with Crippen LogP contribution in [0.25, 0.3) is 5.57 Å². The topological polar surface area (TPSA) is 6.48 Å². The summed E-state index contributed by atoms with van der Waals surface area (Å²) in [6.07, 6.45) is 16.8. The fourth-order valence-corrected chi connectivity index (χ4v) is 6.46. The van der Waals surface area contributed by atoms with Gasteiger partial charge < -0.3 is 9.80 Å². The third kappa shape index (κ3) is 6.32. The summed E-state index contributed by atoms with van der Waals surface area (Å²) in [5.74, 6) is 0.517. The number of hydrogen-bond donors (Lipinski definition) is 0. The molecule has 2 nitrogen and oxygen atoms in total. The van der Waals surface area contributed by atoms with Gasteiger partial charge in [-0.25, -0.2) is 0 Å². The van der Waals surface area contributed by atoms with Crippen LogP contribution in [0.3, 0.4) is 0 Å². The predicted octanol–water partition coefficient (Wildman–Crippen LogP) is 10.1. The summed E-state index contributed by atoms with van der Waals surface area (Å²) in [5, 5.41) is 2.22. The maximum Gasteiger partial charge on any atom is 0.0958 e. The molecule has 6 rings (SSSR count). The third-order valence-corrected chi connectivity index (χ3v) is 8.52. The largest absolute Gasteiger partial charge is 0.326 e. The smallest absolute Gasteiger partial charge is 0.0958 e. The predicted molar refractivity (Wildman–Crippen MR) is 186 cm³/mol. The van der Waals surface area contributed by atoms with Crippen molar-refractivity contribution in [2.75, 3.05) is 9.80 Å². The molecule has 0 amide bonds. The van der Waals surface area contributed by atoms with Crippen molar-refractivity contribution in [2.24, 2.45) is 5.92 Å². The van der Waals surface area contributed by atoms with Gasteiger partial charge in [-0.05, 0) is 102 Å². The number of allylic oxidation sites excluding steroid dienone is 6. The van der Waals surface area contributed by atoms with E-state index in [0.717, 1.165) is 23.5 Å². The van der Waals surface area contributed by atoms with Crippen molar-refractivity contribution in [1.82, 2.24) is 0 Å². The molecule has 0 spiro atoms. The van der Waals surface area contributed by atoms with Gasteiger partial charge in [0, 0.05) is 22.7 Å². The molecule has 0 aromatic heterocycles. The zero-order valence-electron chi connectivity index (χ0n) is 24.2. The Morgan fingerprint density at radius 1 is 0.667 bits per heavy atom. The zero-order chi connectivity index (χ0) is 28.7. The number of rotatable bonds is 6. The van der Waals surface area contributed by atoms with Gasteiger partial charge in [-0.1, -0.05) is 98.0 Å². The summed E-state index contributed by atoms with van der Waals surface area (Å²) in [5.41, 5.74) is 8.29. The molecule has 0 saturated heterocycles. The van der Waals surface area contributed by atoms with Gasteiger partial charge in [0.15, 0.2) is 0 Å². The van der Waals surface area contributed by atoms with Crippen molar-refractivity contribution in [3.63, 3.8) is 0 Å². The second-order valence-electron chi connectivity index (χ2n) is 10.9. The Morgan fingerprint density at radius 2 is 1.33 bits per heavy atom. The molecule has 0 saturated carbocycles. The summed E-state index contributed by atoms with van der Waals surface area (Å²) < 4.78 is 0. The summed E-state index contributed by atoms with van der Waals surface area (Å²) in [4.78, 5) is 6.02. The van der Waals surface area contributed by atoms with Crippen LogP contribution in [0.4, 0.5) is 22.7 Å². The molecular formula is C39H36N2S. The number of nitrogens with zero attached hydrogens (tertiary/aromatic N) is 2. The van der Waals surface area contributed by atoms with Crippen LogP contribution in [0, 0.1) is 12.8 Å². The molecule has 42 heavy (non-hydrogen) atoms. The van der Waals surface area contributed by atoms with Gasteiger partial charge in [-0.2, -0.15) is 0 Å². The molecule has 3 heteroatoms. The number of hydrogen-bond acceptors (Lipinski definition) is 2. The van der Waals surface area contributed by atoms with Crippen LogP contribution in [0.15, 0.2) is 152 Å². The minimum absolute atomic E-state index is 0.282. The fourth-order valence-electron chi connectivity index (χ4n) is 5.60. The molecule has 0 N–H and O–H groups in total. The van der Waals surface area contributed by atoms with Gasteiger partial charge in [-0.15, -0.1) is 10.9 Å². The van der Waals surface area contributed by atoms with Crippen molar-refractivity contribution in [1.29, 1.82) is 0 Å². The van der Waals surface area contributed by atoms with Gasteiger partial charge in [0.25, 0.3) is 0 Å². The first-order chi connectivity index (χ1) is 20.7. The molecule has 4 aromatic carbocycles. The average molecular weight is 565 g/mol. The van der Waals surface area contributed by atoms with Gasteiger partial charge in [0.05, 0.1) is 11.0 Å². The molecule has 1 heterocycles. The maximum absolute atomic E-state index is 2.48. The van der Waals surface area contributed by atoms with E-state index in [9.17, 15) is 0 Å². The molecule has 2 unspecified atom stereocenters. The first-order valence-corrected chi connectivity index (χ1v) is 15.5.